The fourth-order valence-electron chi connectivity index (χ4n) is 2.37. The van der Waals surface area contributed by atoms with Crippen molar-refractivity contribution in [1.29, 1.82) is 0 Å². The lowest BCUT2D eigenvalue weighted by Crippen LogP contribution is -2.08. The van der Waals surface area contributed by atoms with E-state index in [1.165, 1.54) is 17.9 Å². The maximum atomic E-state index is 13.0. The Morgan fingerprint density at radius 2 is 2.05 bits per heavy atom. The van der Waals surface area contributed by atoms with Gasteiger partial charge in [-0.25, -0.2) is 0 Å². The summed E-state index contributed by atoms with van der Waals surface area (Å²) in [6, 6.07) is 5.32. The van der Waals surface area contributed by atoms with Gasteiger partial charge >= 0.3 is 6.18 Å². The molecule has 2 aromatic rings. The summed E-state index contributed by atoms with van der Waals surface area (Å²) in [4.78, 5) is 4.16. The van der Waals surface area contributed by atoms with E-state index in [9.17, 15) is 13.2 Å². The fraction of sp³-hybridized carbons (Fsp3) is 0.286. The first-order chi connectivity index (χ1) is 9.45. The molecule has 0 N–H and O–H groups in total. The van der Waals surface area contributed by atoms with E-state index < -0.39 is 11.9 Å². The van der Waals surface area contributed by atoms with Crippen molar-refractivity contribution >= 4 is 6.21 Å². The number of rotatable bonds is 1. The SMILES string of the molecule is Cn1cc(-c2ccc3c(c2)C=NCC3)c(C(F)(F)F)n1. The smallest absolute Gasteiger partial charge is 0.292 e. The predicted molar refractivity (Wildman–Crippen MR) is 69.8 cm³/mol. The van der Waals surface area contributed by atoms with E-state index >= 15 is 0 Å². The zero-order valence-electron chi connectivity index (χ0n) is 10.8. The zero-order valence-corrected chi connectivity index (χ0v) is 10.8. The van der Waals surface area contributed by atoms with Crippen molar-refractivity contribution in [1.82, 2.24) is 9.78 Å². The van der Waals surface area contributed by atoms with E-state index in [2.05, 4.69) is 10.1 Å². The van der Waals surface area contributed by atoms with Crippen LogP contribution in [0.3, 0.4) is 0 Å². The van der Waals surface area contributed by atoms with Crippen LogP contribution in [0, 0.1) is 0 Å². The highest BCUT2D eigenvalue weighted by atomic mass is 19.4. The number of hydrogen-bond donors (Lipinski definition) is 0. The predicted octanol–water partition coefficient (Wildman–Crippen LogP) is 3.08. The molecule has 104 valence electrons. The third-order valence-corrected chi connectivity index (χ3v) is 3.29. The van der Waals surface area contributed by atoms with Gasteiger partial charge in [-0.2, -0.15) is 18.3 Å². The maximum absolute atomic E-state index is 13.0. The lowest BCUT2D eigenvalue weighted by molar-refractivity contribution is -0.140. The van der Waals surface area contributed by atoms with Gasteiger partial charge in [0.1, 0.15) is 0 Å². The number of aryl methyl sites for hydroxylation is 1. The summed E-state index contributed by atoms with van der Waals surface area (Å²) in [6.45, 7) is 0.729. The number of halogens is 3. The zero-order chi connectivity index (χ0) is 14.3. The van der Waals surface area contributed by atoms with Gasteiger partial charge in [0.25, 0.3) is 0 Å². The molecule has 0 bridgehead atoms. The molecule has 1 aliphatic rings. The van der Waals surface area contributed by atoms with Crippen molar-refractivity contribution in [3.63, 3.8) is 0 Å². The fourth-order valence-corrected chi connectivity index (χ4v) is 2.37. The second kappa shape index (κ2) is 4.47. The number of aliphatic imine (C=N–C) groups is 1. The molecule has 20 heavy (non-hydrogen) atoms. The molecule has 0 radical (unpaired) electrons. The molecule has 6 heteroatoms. The highest BCUT2D eigenvalue weighted by Gasteiger charge is 2.37. The average Bonchev–Trinajstić information content (AvgIpc) is 2.80. The maximum Gasteiger partial charge on any atom is 0.435 e. The van der Waals surface area contributed by atoms with Crippen molar-refractivity contribution in [2.24, 2.45) is 12.0 Å². The molecule has 0 atom stereocenters. The molecule has 0 fully saturated rings. The number of fused-ring (bicyclic) bond motifs is 1. The summed E-state index contributed by atoms with van der Waals surface area (Å²) in [5, 5.41) is 3.53. The van der Waals surface area contributed by atoms with Gasteiger partial charge in [-0.15, -0.1) is 0 Å². The Balaban J connectivity index is 2.13. The van der Waals surface area contributed by atoms with Crippen LogP contribution in [-0.4, -0.2) is 22.5 Å². The van der Waals surface area contributed by atoms with Crippen LogP contribution in [0.4, 0.5) is 13.2 Å². The molecule has 0 amide bonds. The van der Waals surface area contributed by atoms with E-state index in [0.29, 0.717) is 5.56 Å². The van der Waals surface area contributed by atoms with Crippen LogP contribution in [0.25, 0.3) is 11.1 Å². The Labute approximate surface area is 113 Å². The Kier molecular flexibility index (Phi) is 2.88. The molecule has 0 unspecified atom stereocenters. The van der Waals surface area contributed by atoms with E-state index in [-0.39, 0.29) is 5.56 Å². The molecule has 0 saturated heterocycles. The number of benzene rings is 1. The van der Waals surface area contributed by atoms with Crippen LogP contribution in [-0.2, 0) is 19.6 Å². The number of hydrogen-bond acceptors (Lipinski definition) is 2. The molecule has 0 spiro atoms. The van der Waals surface area contributed by atoms with Crippen LogP contribution < -0.4 is 0 Å². The standard InChI is InChI=1S/C14H12F3N3/c1-20-8-12(13(19-20)14(15,16)17)10-3-2-9-4-5-18-7-11(9)6-10/h2-3,6-8H,4-5H2,1H3. The van der Waals surface area contributed by atoms with Gasteiger partial charge in [0.05, 0.1) is 0 Å². The highest BCUT2D eigenvalue weighted by Crippen LogP contribution is 2.36. The second-order valence-electron chi connectivity index (χ2n) is 4.76. The minimum atomic E-state index is -4.46. The normalized spacial score (nSPS) is 14.4. The largest absolute Gasteiger partial charge is 0.435 e. The van der Waals surface area contributed by atoms with Crippen LogP contribution in [0.1, 0.15) is 16.8 Å². The second-order valence-corrected chi connectivity index (χ2v) is 4.76. The minimum absolute atomic E-state index is 0.0989. The van der Waals surface area contributed by atoms with Crippen molar-refractivity contribution in [2.45, 2.75) is 12.6 Å². The molecular weight excluding hydrogens is 267 g/mol. The molecule has 0 aliphatic carbocycles. The summed E-state index contributed by atoms with van der Waals surface area (Å²) in [6.07, 6.45) is -0.525. The molecule has 3 rings (SSSR count). The van der Waals surface area contributed by atoms with Gasteiger partial charge in [-0.3, -0.25) is 9.67 Å². The van der Waals surface area contributed by atoms with Crippen molar-refractivity contribution < 1.29 is 13.2 Å². The Hall–Kier alpha value is -2.11. The first kappa shape index (κ1) is 12.9. The van der Waals surface area contributed by atoms with Crippen molar-refractivity contribution in [2.75, 3.05) is 6.54 Å². The Bertz CT molecular complexity index is 683. The quantitative estimate of drug-likeness (QED) is 0.789. The van der Waals surface area contributed by atoms with E-state index in [1.54, 1.807) is 18.3 Å². The summed E-state index contributed by atoms with van der Waals surface area (Å²) in [5.74, 6) is 0. The summed E-state index contributed by atoms with van der Waals surface area (Å²) in [5.41, 5.74) is 1.75. The average molecular weight is 279 g/mol. The number of aromatic nitrogens is 2. The monoisotopic (exact) mass is 279 g/mol. The van der Waals surface area contributed by atoms with Gasteiger partial charge in [-0.1, -0.05) is 12.1 Å². The van der Waals surface area contributed by atoms with Gasteiger partial charge < -0.3 is 0 Å². The van der Waals surface area contributed by atoms with E-state index in [1.807, 2.05) is 6.07 Å². The van der Waals surface area contributed by atoms with Crippen LogP contribution in [0.15, 0.2) is 29.4 Å². The topological polar surface area (TPSA) is 30.2 Å². The van der Waals surface area contributed by atoms with Gasteiger partial charge in [0, 0.05) is 31.6 Å². The number of nitrogens with zero attached hydrogens (tertiary/aromatic N) is 3. The Morgan fingerprint density at radius 1 is 1.25 bits per heavy atom. The minimum Gasteiger partial charge on any atom is -0.292 e. The first-order valence-corrected chi connectivity index (χ1v) is 6.19. The molecular formula is C14H12F3N3. The highest BCUT2D eigenvalue weighted by molar-refractivity contribution is 5.85. The van der Waals surface area contributed by atoms with Crippen LogP contribution in [0.5, 0.6) is 0 Å². The van der Waals surface area contributed by atoms with Gasteiger partial charge in [-0.05, 0) is 29.2 Å². The molecule has 1 aromatic carbocycles. The third kappa shape index (κ3) is 2.21. The van der Waals surface area contributed by atoms with Crippen molar-refractivity contribution in [3.8, 4) is 11.1 Å². The molecule has 2 heterocycles. The van der Waals surface area contributed by atoms with E-state index in [4.69, 9.17) is 0 Å². The van der Waals surface area contributed by atoms with Crippen molar-refractivity contribution in [3.05, 3.63) is 41.2 Å². The molecule has 3 nitrogen and oxygen atoms in total. The van der Waals surface area contributed by atoms with Gasteiger partial charge in [0.15, 0.2) is 5.69 Å². The summed E-state index contributed by atoms with van der Waals surface area (Å²) in [7, 11) is 1.48. The molecule has 1 aliphatic heterocycles. The van der Waals surface area contributed by atoms with Crippen LogP contribution >= 0.6 is 0 Å². The lowest BCUT2D eigenvalue weighted by Gasteiger charge is -2.12. The molecule has 0 saturated carbocycles. The Morgan fingerprint density at radius 3 is 2.80 bits per heavy atom. The van der Waals surface area contributed by atoms with Crippen LogP contribution in [0.2, 0.25) is 0 Å². The van der Waals surface area contributed by atoms with Gasteiger partial charge in [0.2, 0.25) is 0 Å². The number of alkyl halides is 3. The summed E-state index contributed by atoms with van der Waals surface area (Å²) >= 11 is 0. The third-order valence-electron chi connectivity index (χ3n) is 3.29. The van der Waals surface area contributed by atoms with E-state index in [0.717, 1.165) is 24.1 Å². The summed E-state index contributed by atoms with van der Waals surface area (Å²) < 4.78 is 40.1. The molecule has 1 aromatic heterocycles. The first-order valence-electron chi connectivity index (χ1n) is 6.19. The lowest BCUT2D eigenvalue weighted by atomic mass is 9.97.